The van der Waals surface area contributed by atoms with E-state index in [2.05, 4.69) is 113 Å². The van der Waals surface area contributed by atoms with Crippen LogP contribution in [0, 0.1) is 0 Å². The Bertz CT molecular complexity index is 1280. The van der Waals surface area contributed by atoms with E-state index in [0.717, 1.165) is 17.0 Å². The Morgan fingerprint density at radius 1 is 0.833 bits per heavy atom. The average Bonchev–Trinajstić information content (AvgIpc) is 3.34. The number of halogens is 1. The number of para-hydroxylation sites is 1. The zero-order valence-electron chi connectivity index (χ0n) is 16.4. The van der Waals surface area contributed by atoms with Crippen molar-refractivity contribution in [3.05, 3.63) is 119 Å². The van der Waals surface area contributed by atoms with Crippen molar-refractivity contribution in [2.75, 3.05) is 4.90 Å². The summed E-state index contributed by atoms with van der Waals surface area (Å²) in [7, 11) is 0. The van der Waals surface area contributed by atoms with E-state index in [-0.39, 0.29) is 6.04 Å². The van der Waals surface area contributed by atoms with E-state index in [1.807, 2.05) is 0 Å². The number of rotatable bonds is 3. The van der Waals surface area contributed by atoms with Gasteiger partial charge in [-0.05, 0) is 29.8 Å². The Morgan fingerprint density at radius 3 is 2.37 bits per heavy atom. The largest absolute Gasteiger partial charge is 0.343 e. The SMILES string of the molecule is Clc1cc2c(c3c1ccn3Cc1ccccc1)C1C=CC=CC1N2c1ccccc1. The van der Waals surface area contributed by atoms with Crippen LogP contribution in [-0.4, -0.2) is 10.6 Å². The number of hydrogen-bond donors (Lipinski definition) is 0. The molecule has 4 aromatic rings. The summed E-state index contributed by atoms with van der Waals surface area (Å²) in [6.45, 7) is 0.833. The molecule has 0 amide bonds. The molecule has 146 valence electrons. The molecule has 1 aromatic heterocycles. The van der Waals surface area contributed by atoms with Gasteiger partial charge in [0, 0.05) is 41.0 Å². The Kier molecular flexibility index (Phi) is 4.07. The van der Waals surface area contributed by atoms with Crippen LogP contribution in [0.2, 0.25) is 5.02 Å². The molecule has 0 fully saturated rings. The second kappa shape index (κ2) is 6.93. The molecule has 0 radical (unpaired) electrons. The molecule has 0 N–H and O–H groups in total. The number of benzene rings is 3. The van der Waals surface area contributed by atoms with Crippen molar-refractivity contribution in [1.29, 1.82) is 0 Å². The highest BCUT2D eigenvalue weighted by molar-refractivity contribution is 6.36. The normalized spacial score (nSPS) is 19.3. The number of aromatic nitrogens is 1. The fourth-order valence-corrected chi connectivity index (χ4v) is 5.23. The molecule has 2 nitrogen and oxygen atoms in total. The van der Waals surface area contributed by atoms with Gasteiger partial charge in [-0.15, -0.1) is 0 Å². The smallest absolute Gasteiger partial charge is 0.0630 e. The van der Waals surface area contributed by atoms with Crippen LogP contribution in [0.1, 0.15) is 17.0 Å². The van der Waals surface area contributed by atoms with Crippen LogP contribution in [0.15, 0.2) is 103 Å². The van der Waals surface area contributed by atoms with Gasteiger partial charge in [0.1, 0.15) is 0 Å². The van der Waals surface area contributed by atoms with Crippen molar-refractivity contribution < 1.29 is 0 Å². The number of allylic oxidation sites excluding steroid dienone is 2. The fourth-order valence-electron chi connectivity index (χ4n) is 4.97. The van der Waals surface area contributed by atoms with Crippen LogP contribution in [0.4, 0.5) is 11.4 Å². The predicted molar refractivity (Wildman–Crippen MR) is 126 cm³/mol. The summed E-state index contributed by atoms with van der Waals surface area (Å²) in [6.07, 6.45) is 11.1. The molecule has 2 heterocycles. The highest BCUT2D eigenvalue weighted by atomic mass is 35.5. The molecule has 0 saturated carbocycles. The fraction of sp³-hybridized carbons (Fsp3) is 0.111. The zero-order chi connectivity index (χ0) is 20.1. The summed E-state index contributed by atoms with van der Waals surface area (Å²) in [5.41, 5.74) is 6.30. The highest BCUT2D eigenvalue weighted by Gasteiger charge is 2.39. The van der Waals surface area contributed by atoms with Crippen molar-refractivity contribution in [2.24, 2.45) is 0 Å². The van der Waals surface area contributed by atoms with E-state index < -0.39 is 0 Å². The van der Waals surface area contributed by atoms with E-state index >= 15 is 0 Å². The molecule has 1 aliphatic heterocycles. The standard InChI is InChI=1S/C27H21ClN2/c28-23-17-25-26(27-21(23)15-16-29(27)18-19-9-3-1-4-10-19)22-13-7-8-14-24(22)30(25)20-11-5-2-6-12-20/h1-17,22,24H,18H2. The minimum Gasteiger partial charge on any atom is -0.343 e. The topological polar surface area (TPSA) is 8.17 Å². The van der Waals surface area contributed by atoms with Gasteiger partial charge < -0.3 is 9.47 Å². The first-order chi connectivity index (χ1) is 14.8. The van der Waals surface area contributed by atoms with Gasteiger partial charge >= 0.3 is 0 Å². The quantitative estimate of drug-likeness (QED) is 0.352. The Hall–Kier alpha value is -3.23. The van der Waals surface area contributed by atoms with E-state index in [9.17, 15) is 0 Å². The Labute approximate surface area is 181 Å². The van der Waals surface area contributed by atoms with Gasteiger partial charge in [-0.2, -0.15) is 0 Å². The number of fused-ring (bicyclic) bond motifs is 5. The third-order valence-corrected chi connectivity index (χ3v) is 6.55. The molecule has 30 heavy (non-hydrogen) atoms. The first kappa shape index (κ1) is 17.6. The lowest BCUT2D eigenvalue weighted by atomic mass is 9.90. The molecule has 0 saturated heterocycles. The van der Waals surface area contributed by atoms with Crippen molar-refractivity contribution in [3.63, 3.8) is 0 Å². The number of hydrogen-bond acceptors (Lipinski definition) is 1. The minimum atomic E-state index is 0.258. The summed E-state index contributed by atoms with van der Waals surface area (Å²) >= 11 is 6.83. The minimum absolute atomic E-state index is 0.258. The van der Waals surface area contributed by atoms with Gasteiger partial charge in [0.25, 0.3) is 0 Å². The molecular formula is C27H21ClN2. The summed E-state index contributed by atoms with van der Waals surface area (Å²) in [6, 6.07) is 25.8. The van der Waals surface area contributed by atoms with Crippen LogP contribution < -0.4 is 4.90 Å². The van der Waals surface area contributed by atoms with Crippen LogP contribution in [0.25, 0.3) is 10.9 Å². The van der Waals surface area contributed by atoms with Gasteiger partial charge in [-0.25, -0.2) is 0 Å². The second-order valence-electron chi connectivity index (χ2n) is 7.97. The maximum Gasteiger partial charge on any atom is 0.0630 e. The number of anilines is 2. The molecule has 2 atom stereocenters. The lowest BCUT2D eigenvalue weighted by Crippen LogP contribution is -2.28. The van der Waals surface area contributed by atoms with Gasteiger partial charge in [-0.1, -0.05) is 84.4 Å². The Balaban J connectivity index is 1.60. The molecular weight excluding hydrogens is 388 g/mol. The first-order valence-electron chi connectivity index (χ1n) is 10.4. The third kappa shape index (κ3) is 2.64. The average molecular weight is 409 g/mol. The maximum absolute atomic E-state index is 6.83. The van der Waals surface area contributed by atoms with E-state index in [1.54, 1.807) is 0 Å². The van der Waals surface area contributed by atoms with Crippen molar-refractivity contribution in [1.82, 2.24) is 4.57 Å². The molecule has 3 heteroatoms. The second-order valence-corrected chi connectivity index (χ2v) is 8.38. The lowest BCUT2D eigenvalue weighted by molar-refractivity contribution is 0.741. The summed E-state index contributed by atoms with van der Waals surface area (Å²) in [5, 5.41) is 1.94. The molecule has 2 unspecified atom stereocenters. The molecule has 3 aromatic carbocycles. The Morgan fingerprint density at radius 2 is 1.57 bits per heavy atom. The van der Waals surface area contributed by atoms with Crippen molar-refractivity contribution in [3.8, 4) is 0 Å². The van der Waals surface area contributed by atoms with E-state index in [4.69, 9.17) is 11.6 Å². The van der Waals surface area contributed by atoms with E-state index in [0.29, 0.717) is 5.92 Å². The molecule has 6 rings (SSSR count). The van der Waals surface area contributed by atoms with Gasteiger partial charge in [0.05, 0.1) is 16.6 Å². The third-order valence-electron chi connectivity index (χ3n) is 6.24. The number of nitrogens with zero attached hydrogens (tertiary/aromatic N) is 2. The lowest BCUT2D eigenvalue weighted by Gasteiger charge is -2.28. The molecule has 0 bridgehead atoms. The first-order valence-corrected chi connectivity index (χ1v) is 10.7. The summed E-state index contributed by atoms with van der Waals surface area (Å²) < 4.78 is 2.35. The van der Waals surface area contributed by atoms with E-state index in [1.165, 1.54) is 28.0 Å². The zero-order valence-corrected chi connectivity index (χ0v) is 17.2. The van der Waals surface area contributed by atoms with Crippen LogP contribution in [0.3, 0.4) is 0 Å². The van der Waals surface area contributed by atoms with Crippen molar-refractivity contribution in [2.45, 2.75) is 18.5 Å². The highest BCUT2D eigenvalue weighted by Crippen LogP contribution is 2.52. The van der Waals surface area contributed by atoms with Crippen molar-refractivity contribution >= 4 is 33.9 Å². The van der Waals surface area contributed by atoms with Gasteiger partial charge in [0.2, 0.25) is 0 Å². The molecule has 1 aliphatic carbocycles. The van der Waals surface area contributed by atoms with Gasteiger partial charge in [-0.3, -0.25) is 0 Å². The maximum atomic E-state index is 6.83. The summed E-state index contributed by atoms with van der Waals surface area (Å²) in [4.78, 5) is 2.44. The molecule has 2 aliphatic rings. The van der Waals surface area contributed by atoms with Gasteiger partial charge in [0.15, 0.2) is 0 Å². The van der Waals surface area contributed by atoms with Crippen LogP contribution >= 0.6 is 11.6 Å². The molecule has 0 spiro atoms. The summed E-state index contributed by atoms with van der Waals surface area (Å²) in [5.74, 6) is 0.300. The van der Waals surface area contributed by atoms with Crippen LogP contribution in [-0.2, 0) is 6.54 Å². The monoisotopic (exact) mass is 408 g/mol. The van der Waals surface area contributed by atoms with Crippen LogP contribution in [0.5, 0.6) is 0 Å². The predicted octanol–water partition coefficient (Wildman–Crippen LogP) is 7.07.